The van der Waals surface area contributed by atoms with Crippen LogP contribution in [0.2, 0.25) is 5.15 Å². The van der Waals surface area contributed by atoms with E-state index in [0.29, 0.717) is 4.47 Å². The molecule has 0 radical (unpaired) electrons. The normalized spacial score (nSPS) is 13.1. The van der Waals surface area contributed by atoms with E-state index < -0.39 is 21.2 Å². The van der Waals surface area contributed by atoms with Crippen molar-refractivity contribution in [1.29, 1.82) is 0 Å². The van der Waals surface area contributed by atoms with E-state index in [1.165, 1.54) is 12.3 Å². The molecule has 1 aromatic heterocycles. The number of carboxylic acid groups (broad SMARTS) is 1. The van der Waals surface area contributed by atoms with E-state index in [4.69, 9.17) is 16.7 Å². The maximum atomic E-state index is 11.6. The van der Waals surface area contributed by atoms with Gasteiger partial charge in [-0.25, -0.2) is 13.4 Å². The van der Waals surface area contributed by atoms with E-state index in [2.05, 4.69) is 25.6 Å². The summed E-state index contributed by atoms with van der Waals surface area (Å²) in [5, 5.41) is 7.25. The van der Waals surface area contributed by atoms with E-state index in [9.17, 15) is 13.2 Å². The Hall–Kier alpha value is -0.860. The van der Waals surface area contributed by atoms with Crippen molar-refractivity contribution in [2.45, 2.75) is 12.2 Å². The molecule has 6 nitrogen and oxygen atoms in total. The molecule has 0 saturated carbocycles. The number of rotatable bonds is 4. The highest BCUT2D eigenvalue weighted by Crippen LogP contribution is 2.23. The Bertz CT molecular complexity index is 548. The van der Waals surface area contributed by atoms with Crippen LogP contribution < -0.4 is 4.72 Å². The van der Waals surface area contributed by atoms with Crippen molar-refractivity contribution in [2.24, 2.45) is 0 Å². The second-order valence-corrected chi connectivity index (χ2v) is 6.34. The number of anilines is 1. The first-order valence-electron chi connectivity index (χ1n) is 4.29. The number of hydrogen-bond acceptors (Lipinski definition) is 4. The second-order valence-electron chi connectivity index (χ2n) is 3.12. The van der Waals surface area contributed by atoms with Crippen LogP contribution in [0.4, 0.5) is 5.69 Å². The van der Waals surface area contributed by atoms with Crippen LogP contribution >= 0.6 is 27.5 Å². The number of aliphatic carboxylic acids is 1. The molecular weight excluding hydrogens is 336 g/mol. The number of nitrogens with one attached hydrogen (secondary N) is 1. The van der Waals surface area contributed by atoms with Gasteiger partial charge in [-0.15, -0.1) is 0 Å². The van der Waals surface area contributed by atoms with Crippen LogP contribution in [0.15, 0.2) is 16.7 Å². The SMILES string of the molecule is CC(C(=O)O)S(=O)(=O)Nc1cnc(Cl)c(Br)c1. The van der Waals surface area contributed by atoms with Crippen molar-refractivity contribution in [2.75, 3.05) is 4.72 Å². The molecule has 0 bridgehead atoms. The average molecular weight is 344 g/mol. The maximum Gasteiger partial charge on any atom is 0.323 e. The van der Waals surface area contributed by atoms with Crippen LogP contribution in [0.3, 0.4) is 0 Å². The van der Waals surface area contributed by atoms with Gasteiger partial charge in [0, 0.05) is 0 Å². The van der Waals surface area contributed by atoms with Crippen molar-refractivity contribution < 1.29 is 18.3 Å². The molecule has 1 aromatic rings. The highest BCUT2D eigenvalue weighted by molar-refractivity contribution is 9.10. The summed E-state index contributed by atoms with van der Waals surface area (Å²) < 4.78 is 25.7. The Kier molecular flexibility index (Phi) is 4.34. The molecule has 0 aromatic carbocycles. The minimum absolute atomic E-state index is 0.134. The quantitative estimate of drug-likeness (QED) is 0.811. The van der Waals surface area contributed by atoms with Gasteiger partial charge in [0.15, 0.2) is 5.25 Å². The average Bonchev–Trinajstić information content (AvgIpc) is 2.22. The van der Waals surface area contributed by atoms with E-state index in [0.717, 1.165) is 6.92 Å². The van der Waals surface area contributed by atoms with Gasteiger partial charge >= 0.3 is 5.97 Å². The summed E-state index contributed by atoms with van der Waals surface area (Å²) in [6, 6.07) is 1.39. The van der Waals surface area contributed by atoms with E-state index in [1.54, 1.807) is 0 Å². The zero-order chi connectivity index (χ0) is 13.2. The lowest BCUT2D eigenvalue weighted by Crippen LogP contribution is -2.32. The van der Waals surface area contributed by atoms with Crippen LogP contribution in [0.5, 0.6) is 0 Å². The predicted octanol–water partition coefficient (Wildman–Crippen LogP) is 1.71. The maximum absolute atomic E-state index is 11.6. The first-order valence-corrected chi connectivity index (χ1v) is 7.01. The lowest BCUT2D eigenvalue weighted by Gasteiger charge is -2.11. The fourth-order valence-corrected chi connectivity index (χ4v) is 2.20. The van der Waals surface area contributed by atoms with Gasteiger partial charge in [0.1, 0.15) is 5.15 Å². The van der Waals surface area contributed by atoms with Gasteiger partial charge in [0.2, 0.25) is 10.0 Å². The summed E-state index contributed by atoms with van der Waals surface area (Å²) >= 11 is 8.71. The zero-order valence-corrected chi connectivity index (χ0v) is 11.7. The monoisotopic (exact) mass is 342 g/mol. The predicted molar refractivity (Wildman–Crippen MR) is 66.6 cm³/mol. The highest BCUT2D eigenvalue weighted by Gasteiger charge is 2.27. The van der Waals surface area contributed by atoms with Crippen LogP contribution in [-0.4, -0.2) is 29.7 Å². The molecule has 17 heavy (non-hydrogen) atoms. The van der Waals surface area contributed by atoms with Crippen molar-refractivity contribution >= 4 is 49.2 Å². The van der Waals surface area contributed by atoms with Crippen molar-refractivity contribution in [1.82, 2.24) is 4.98 Å². The molecule has 0 aliphatic heterocycles. The molecule has 1 rings (SSSR count). The molecule has 1 atom stereocenters. The number of carboxylic acids is 1. The fourth-order valence-electron chi connectivity index (χ4n) is 0.862. The van der Waals surface area contributed by atoms with Crippen LogP contribution in [0.1, 0.15) is 6.92 Å². The molecule has 0 aliphatic rings. The minimum Gasteiger partial charge on any atom is -0.480 e. The molecule has 94 valence electrons. The minimum atomic E-state index is -4.00. The number of halogens is 2. The molecule has 1 heterocycles. The molecule has 2 N–H and O–H groups in total. The lowest BCUT2D eigenvalue weighted by atomic mass is 10.4. The summed E-state index contributed by atoms with van der Waals surface area (Å²) in [6.07, 6.45) is 1.19. The van der Waals surface area contributed by atoms with Gasteiger partial charge in [-0.1, -0.05) is 11.6 Å². The molecular formula is C8H8BrClN2O4S. The van der Waals surface area contributed by atoms with Crippen molar-refractivity contribution in [3.8, 4) is 0 Å². The van der Waals surface area contributed by atoms with Crippen molar-refractivity contribution in [3.05, 3.63) is 21.9 Å². The summed E-state index contributed by atoms with van der Waals surface area (Å²) in [4.78, 5) is 14.3. The zero-order valence-electron chi connectivity index (χ0n) is 8.52. The lowest BCUT2D eigenvalue weighted by molar-refractivity contribution is -0.136. The smallest absolute Gasteiger partial charge is 0.323 e. The van der Waals surface area contributed by atoms with E-state index in [1.807, 2.05) is 0 Å². The fraction of sp³-hybridized carbons (Fsp3) is 0.250. The molecule has 0 fully saturated rings. The van der Waals surface area contributed by atoms with Gasteiger partial charge in [0.25, 0.3) is 0 Å². The summed E-state index contributed by atoms with van der Waals surface area (Å²) in [5.41, 5.74) is 0.134. The largest absolute Gasteiger partial charge is 0.480 e. The summed E-state index contributed by atoms with van der Waals surface area (Å²) in [6.45, 7) is 1.07. The van der Waals surface area contributed by atoms with Crippen molar-refractivity contribution in [3.63, 3.8) is 0 Å². The van der Waals surface area contributed by atoms with Gasteiger partial charge in [-0.3, -0.25) is 9.52 Å². The number of hydrogen-bond donors (Lipinski definition) is 2. The standard InChI is InChI=1S/C8H8BrClN2O4S/c1-4(8(13)14)17(15,16)12-5-2-6(9)7(10)11-3-5/h2-4,12H,1H3,(H,13,14). The third-order valence-corrected chi connectivity index (χ3v) is 4.66. The Morgan fingerprint density at radius 2 is 2.24 bits per heavy atom. The number of pyridine rings is 1. The molecule has 9 heteroatoms. The Morgan fingerprint density at radius 1 is 1.65 bits per heavy atom. The first-order chi connectivity index (χ1) is 7.74. The highest BCUT2D eigenvalue weighted by atomic mass is 79.9. The third kappa shape index (κ3) is 3.55. The Labute approximate surface area is 111 Å². The van der Waals surface area contributed by atoms with Crippen LogP contribution in [-0.2, 0) is 14.8 Å². The number of aromatic nitrogens is 1. The number of sulfonamides is 1. The van der Waals surface area contributed by atoms with E-state index >= 15 is 0 Å². The molecule has 0 aliphatic carbocycles. The first kappa shape index (κ1) is 14.2. The molecule has 0 amide bonds. The number of nitrogens with zero attached hydrogens (tertiary/aromatic N) is 1. The second kappa shape index (κ2) is 5.19. The molecule has 0 spiro atoms. The molecule has 1 unspecified atom stereocenters. The molecule has 0 saturated heterocycles. The summed E-state index contributed by atoms with van der Waals surface area (Å²) in [7, 11) is -4.00. The Balaban J connectivity index is 2.98. The summed E-state index contributed by atoms with van der Waals surface area (Å²) in [5.74, 6) is -1.43. The number of carbonyl (C=O) groups is 1. The van der Waals surface area contributed by atoms with Gasteiger partial charge in [0.05, 0.1) is 16.4 Å². The van der Waals surface area contributed by atoms with E-state index in [-0.39, 0.29) is 10.8 Å². The third-order valence-electron chi connectivity index (χ3n) is 1.87. The topological polar surface area (TPSA) is 96.4 Å². The van der Waals surface area contributed by atoms with Crippen LogP contribution in [0.25, 0.3) is 0 Å². The van der Waals surface area contributed by atoms with Gasteiger partial charge in [-0.05, 0) is 28.9 Å². The Morgan fingerprint density at radius 3 is 2.71 bits per heavy atom. The van der Waals surface area contributed by atoms with Gasteiger partial charge in [-0.2, -0.15) is 0 Å². The van der Waals surface area contributed by atoms with Crippen LogP contribution in [0, 0.1) is 0 Å². The van der Waals surface area contributed by atoms with Gasteiger partial charge < -0.3 is 5.11 Å².